The van der Waals surface area contributed by atoms with E-state index >= 15 is 0 Å². The summed E-state index contributed by atoms with van der Waals surface area (Å²) in [5.41, 5.74) is 0.233. The number of amides is 2. The number of nitrogens with zero attached hydrogens (tertiary/aromatic N) is 1. The molecule has 2 amide bonds. The number of benzene rings is 3. The summed E-state index contributed by atoms with van der Waals surface area (Å²) in [5, 5.41) is 6.75. The normalized spacial score (nSPS) is 14.6. The molecule has 0 saturated carbocycles. The highest BCUT2D eigenvalue weighted by molar-refractivity contribution is 7.90. The Balaban J connectivity index is 1.77. The first-order valence-corrected chi connectivity index (χ1v) is 13.1. The van der Waals surface area contributed by atoms with Gasteiger partial charge < -0.3 is 10.6 Å². The quantitative estimate of drug-likeness (QED) is 0.508. The lowest BCUT2D eigenvalue weighted by molar-refractivity contribution is -0.128. The van der Waals surface area contributed by atoms with Crippen LogP contribution in [0.4, 0.5) is 10.1 Å². The predicted molar refractivity (Wildman–Crippen MR) is 133 cm³/mol. The second-order valence-corrected chi connectivity index (χ2v) is 10.3. The van der Waals surface area contributed by atoms with E-state index in [1.807, 2.05) is 6.92 Å². The van der Waals surface area contributed by atoms with Gasteiger partial charge in [0.05, 0.1) is 16.5 Å². The Kier molecular flexibility index (Phi) is 7.47. The number of nitrogens with one attached hydrogen (secondary N) is 2. The second kappa shape index (κ2) is 10.5. The van der Waals surface area contributed by atoms with Crippen LogP contribution in [0, 0.1) is 5.82 Å². The smallest absolute Gasteiger partial charge is 0.267 e. The minimum absolute atomic E-state index is 0.0000219. The Morgan fingerprint density at radius 2 is 1.66 bits per heavy atom. The van der Waals surface area contributed by atoms with Gasteiger partial charge in [-0.3, -0.25) is 9.59 Å². The Labute approximate surface area is 204 Å². The Morgan fingerprint density at radius 3 is 2.34 bits per heavy atom. The van der Waals surface area contributed by atoms with Crippen LogP contribution in [-0.4, -0.2) is 43.7 Å². The van der Waals surface area contributed by atoms with E-state index in [0.29, 0.717) is 48.8 Å². The number of hydrogen-bond acceptors (Lipinski definition) is 5. The lowest BCUT2D eigenvalue weighted by Gasteiger charge is -2.34. The second-order valence-electron chi connectivity index (χ2n) is 8.52. The molecule has 1 fully saturated rings. The van der Waals surface area contributed by atoms with Gasteiger partial charge in [-0.05, 0) is 56.6 Å². The maximum absolute atomic E-state index is 14.1. The number of halogens is 1. The Hall–Kier alpha value is -3.30. The van der Waals surface area contributed by atoms with E-state index in [4.69, 9.17) is 0 Å². The average molecular weight is 498 g/mol. The van der Waals surface area contributed by atoms with Gasteiger partial charge in [-0.25, -0.2) is 17.1 Å². The molecule has 35 heavy (non-hydrogen) atoms. The lowest BCUT2D eigenvalue weighted by Crippen LogP contribution is -2.49. The van der Waals surface area contributed by atoms with Crippen molar-refractivity contribution >= 4 is 38.3 Å². The zero-order valence-corrected chi connectivity index (χ0v) is 20.3. The standard InChI is InChI=1S/C26H28FN3O4S/c1-2-7-25(31)30(18-14-16-28-17-15-18)35(33,34)24-13-12-23(19-8-3-4-9-20(19)24)29-26(32)21-10-5-6-11-22(21)27/h3-6,8-13,18,28H,2,7,14-17H2,1H3,(H,29,32). The molecule has 1 heterocycles. The third-order valence-electron chi connectivity index (χ3n) is 6.14. The number of piperidine rings is 1. The summed E-state index contributed by atoms with van der Waals surface area (Å²) in [4.78, 5) is 25.7. The zero-order valence-electron chi connectivity index (χ0n) is 19.5. The molecule has 0 atom stereocenters. The van der Waals surface area contributed by atoms with Gasteiger partial charge in [-0.1, -0.05) is 43.3 Å². The summed E-state index contributed by atoms with van der Waals surface area (Å²) in [7, 11) is -4.17. The molecule has 3 aromatic rings. The summed E-state index contributed by atoms with van der Waals surface area (Å²) in [6.07, 6.45) is 1.77. The van der Waals surface area contributed by atoms with E-state index in [1.54, 1.807) is 30.3 Å². The summed E-state index contributed by atoms with van der Waals surface area (Å²) < 4.78 is 43.0. The van der Waals surface area contributed by atoms with Crippen LogP contribution in [-0.2, 0) is 14.8 Å². The fourth-order valence-electron chi connectivity index (χ4n) is 4.45. The van der Waals surface area contributed by atoms with Crippen molar-refractivity contribution in [2.24, 2.45) is 0 Å². The van der Waals surface area contributed by atoms with Gasteiger partial charge in [0, 0.05) is 22.9 Å². The Bertz CT molecular complexity index is 1350. The monoisotopic (exact) mass is 497 g/mol. The molecular weight excluding hydrogens is 469 g/mol. The van der Waals surface area contributed by atoms with Crippen LogP contribution in [0.1, 0.15) is 43.0 Å². The van der Waals surface area contributed by atoms with Crippen LogP contribution in [0.25, 0.3) is 10.8 Å². The molecule has 9 heteroatoms. The van der Waals surface area contributed by atoms with Crippen LogP contribution in [0.15, 0.2) is 65.6 Å². The van der Waals surface area contributed by atoms with Crippen molar-refractivity contribution < 1.29 is 22.4 Å². The molecule has 0 unspecified atom stereocenters. The van der Waals surface area contributed by atoms with E-state index in [-0.39, 0.29) is 16.9 Å². The molecular formula is C26H28FN3O4S. The molecule has 0 spiro atoms. The first-order chi connectivity index (χ1) is 16.8. The van der Waals surface area contributed by atoms with Crippen LogP contribution in [0.3, 0.4) is 0 Å². The van der Waals surface area contributed by atoms with Crippen LogP contribution >= 0.6 is 0 Å². The van der Waals surface area contributed by atoms with Crippen molar-refractivity contribution in [2.45, 2.75) is 43.5 Å². The van der Waals surface area contributed by atoms with Crippen molar-refractivity contribution in [2.75, 3.05) is 18.4 Å². The molecule has 7 nitrogen and oxygen atoms in total. The highest BCUT2D eigenvalue weighted by Crippen LogP contribution is 2.33. The number of hydrogen-bond donors (Lipinski definition) is 2. The molecule has 4 rings (SSSR count). The van der Waals surface area contributed by atoms with Gasteiger partial charge in [0.15, 0.2) is 0 Å². The maximum Gasteiger partial charge on any atom is 0.267 e. The van der Waals surface area contributed by atoms with E-state index < -0.39 is 33.7 Å². The van der Waals surface area contributed by atoms with Gasteiger partial charge in [0.25, 0.3) is 15.9 Å². The molecule has 0 aliphatic carbocycles. The van der Waals surface area contributed by atoms with Crippen LogP contribution < -0.4 is 10.6 Å². The molecule has 1 aliphatic rings. The van der Waals surface area contributed by atoms with Crippen molar-refractivity contribution in [3.8, 4) is 0 Å². The number of sulfonamides is 1. The summed E-state index contributed by atoms with van der Waals surface area (Å²) in [6, 6.07) is 14.9. The third-order valence-corrected chi connectivity index (χ3v) is 8.07. The van der Waals surface area contributed by atoms with E-state index in [0.717, 1.165) is 4.31 Å². The van der Waals surface area contributed by atoms with Crippen molar-refractivity contribution in [1.29, 1.82) is 0 Å². The van der Waals surface area contributed by atoms with E-state index in [2.05, 4.69) is 10.6 Å². The van der Waals surface area contributed by atoms with Crippen molar-refractivity contribution in [1.82, 2.24) is 9.62 Å². The molecule has 0 bridgehead atoms. The number of fused-ring (bicyclic) bond motifs is 1. The fourth-order valence-corrected chi connectivity index (χ4v) is 6.32. The van der Waals surface area contributed by atoms with E-state index in [1.165, 1.54) is 30.3 Å². The van der Waals surface area contributed by atoms with E-state index in [9.17, 15) is 22.4 Å². The largest absolute Gasteiger partial charge is 0.321 e. The summed E-state index contributed by atoms with van der Waals surface area (Å²) in [6.45, 7) is 3.11. The number of carbonyl (C=O) groups is 2. The first-order valence-electron chi connectivity index (χ1n) is 11.7. The lowest BCUT2D eigenvalue weighted by atomic mass is 10.1. The number of carbonyl (C=O) groups excluding carboxylic acids is 2. The van der Waals surface area contributed by atoms with Crippen LogP contribution in [0.5, 0.6) is 0 Å². The summed E-state index contributed by atoms with van der Waals surface area (Å²) >= 11 is 0. The highest BCUT2D eigenvalue weighted by atomic mass is 32.2. The molecule has 1 saturated heterocycles. The van der Waals surface area contributed by atoms with Gasteiger partial charge in [-0.15, -0.1) is 0 Å². The SMILES string of the molecule is CCCC(=O)N(C1CCNCC1)S(=O)(=O)c1ccc(NC(=O)c2ccccc2F)c2ccccc12. The summed E-state index contributed by atoms with van der Waals surface area (Å²) in [5.74, 6) is -1.71. The van der Waals surface area contributed by atoms with Gasteiger partial charge in [0.1, 0.15) is 5.82 Å². The Morgan fingerprint density at radius 1 is 1.00 bits per heavy atom. The molecule has 0 radical (unpaired) electrons. The molecule has 1 aliphatic heterocycles. The fraction of sp³-hybridized carbons (Fsp3) is 0.308. The maximum atomic E-state index is 14.1. The molecule has 184 valence electrons. The molecule has 2 N–H and O–H groups in total. The molecule has 0 aromatic heterocycles. The number of rotatable bonds is 7. The predicted octanol–water partition coefficient (Wildman–Crippen LogP) is 4.30. The first kappa shape index (κ1) is 24.8. The third kappa shape index (κ3) is 5.06. The number of anilines is 1. The topological polar surface area (TPSA) is 95.6 Å². The van der Waals surface area contributed by atoms with Gasteiger partial charge in [0.2, 0.25) is 5.91 Å². The van der Waals surface area contributed by atoms with Crippen LogP contribution in [0.2, 0.25) is 0 Å². The average Bonchev–Trinajstić information content (AvgIpc) is 2.85. The van der Waals surface area contributed by atoms with Crippen molar-refractivity contribution in [3.05, 3.63) is 72.0 Å². The minimum atomic E-state index is -4.17. The van der Waals surface area contributed by atoms with Gasteiger partial charge >= 0.3 is 0 Å². The van der Waals surface area contributed by atoms with Gasteiger partial charge in [-0.2, -0.15) is 0 Å². The van der Waals surface area contributed by atoms with Crippen molar-refractivity contribution in [3.63, 3.8) is 0 Å². The zero-order chi connectivity index (χ0) is 25.0. The molecule has 3 aromatic carbocycles. The highest BCUT2D eigenvalue weighted by Gasteiger charge is 2.36. The minimum Gasteiger partial charge on any atom is -0.321 e.